The Morgan fingerprint density at radius 3 is 2.12 bits per heavy atom. The van der Waals surface area contributed by atoms with Crippen molar-refractivity contribution in [3.8, 4) is 5.75 Å². The Labute approximate surface area is 204 Å². The van der Waals surface area contributed by atoms with Gasteiger partial charge in [-0.05, 0) is 66.6 Å². The second-order valence-electron chi connectivity index (χ2n) is 9.95. The van der Waals surface area contributed by atoms with Gasteiger partial charge in [-0.2, -0.15) is 11.8 Å². The summed E-state index contributed by atoms with van der Waals surface area (Å²) < 4.78 is 11.4. The molecule has 2 aromatic carbocycles. The van der Waals surface area contributed by atoms with E-state index in [0.29, 0.717) is 12.2 Å². The molecule has 0 amide bonds. The van der Waals surface area contributed by atoms with Gasteiger partial charge in [-0.25, -0.2) is 0 Å². The van der Waals surface area contributed by atoms with Crippen LogP contribution in [0.25, 0.3) is 0 Å². The zero-order chi connectivity index (χ0) is 24.2. The number of thioether (sulfide) groups is 1. The van der Waals surface area contributed by atoms with E-state index in [1.807, 2.05) is 11.8 Å². The van der Waals surface area contributed by atoms with Crippen LogP contribution in [0.15, 0.2) is 48.2 Å². The third-order valence-electron chi connectivity index (χ3n) is 6.60. The maximum Gasteiger partial charge on any atom is 0.314 e. The number of esters is 1. The van der Waals surface area contributed by atoms with E-state index in [-0.39, 0.29) is 22.7 Å². The van der Waals surface area contributed by atoms with Crippen LogP contribution in [-0.4, -0.2) is 17.3 Å². The van der Waals surface area contributed by atoms with Crippen molar-refractivity contribution in [3.05, 3.63) is 76.1 Å². The molecule has 0 saturated carbocycles. The summed E-state index contributed by atoms with van der Waals surface area (Å²) in [6.07, 6.45) is 4.18. The molecule has 4 heteroatoms. The predicted octanol–water partition coefficient (Wildman–Crippen LogP) is 7.65. The topological polar surface area (TPSA) is 35.5 Å². The predicted molar refractivity (Wildman–Crippen MR) is 139 cm³/mol. The SMILES string of the molecule is CCC(CC)(c1ccc(CSC(C)(C)C)c(C)c1)c1ccc(OCC2=CCC(=O)O2)c(C)c1. The molecule has 178 valence electrons. The van der Waals surface area contributed by atoms with Gasteiger partial charge in [0.2, 0.25) is 0 Å². The first-order chi connectivity index (χ1) is 15.6. The second kappa shape index (κ2) is 10.4. The standard InChI is InChI=1S/C29H38O3S/c1-8-29(9-2,23-11-10-22(20(3)16-23)19-33-28(5,6)7)24-12-14-26(21(4)17-24)31-18-25-13-15-27(30)32-25/h10-14,16-17H,8-9,15,18-19H2,1-7H3. The van der Waals surface area contributed by atoms with Gasteiger partial charge in [-0.3, -0.25) is 4.79 Å². The molecule has 2 aromatic rings. The third-order valence-corrected chi connectivity index (χ3v) is 7.92. The lowest BCUT2D eigenvalue weighted by Gasteiger charge is -2.34. The Morgan fingerprint density at radius 2 is 1.61 bits per heavy atom. The van der Waals surface area contributed by atoms with E-state index in [0.717, 1.165) is 29.9 Å². The Balaban J connectivity index is 1.84. The average Bonchev–Trinajstić information content (AvgIpc) is 3.18. The molecule has 0 bridgehead atoms. The number of aryl methyl sites for hydroxylation is 2. The largest absolute Gasteiger partial charge is 0.485 e. The van der Waals surface area contributed by atoms with Gasteiger partial charge in [0.15, 0.2) is 0 Å². The number of carbonyl (C=O) groups is 1. The first-order valence-electron chi connectivity index (χ1n) is 12.0. The fraction of sp³-hybridized carbons (Fsp3) is 0.483. The number of hydrogen-bond donors (Lipinski definition) is 0. The number of cyclic esters (lactones) is 1. The van der Waals surface area contributed by atoms with Crippen LogP contribution in [0.1, 0.15) is 81.7 Å². The highest BCUT2D eigenvalue weighted by molar-refractivity contribution is 7.99. The van der Waals surface area contributed by atoms with Crippen LogP contribution in [0.2, 0.25) is 0 Å². The highest BCUT2D eigenvalue weighted by atomic mass is 32.2. The van der Waals surface area contributed by atoms with Crippen molar-refractivity contribution in [2.24, 2.45) is 0 Å². The first-order valence-corrected chi connectivity index (χ1v) is 12.9. The van der Waals surface area contributed by atoms with Crippen molar-refractivity contribution in [3.63, 3.8) is 0 Å². The Kier molecular flexibility index (Phi) is 8.00. The molecule has 1 heterocycles. The van der Waals surface area contributed by atoms with E-state index < -0.39 is 0 Å². The van der Waals surface area contributed by atoms with Gasteiger partial charge in [-0.15, -0.1) is 0 Å². The van der Waals surface area contributed by atoms with Crippen molar-refractivity contribution in [2.75, 3.05) is 6.61 Å². The third kappa shape index (κ3) is 6.03. The molecule has 0 atom stereocenters. The van der Waals surface area contributed by atoms with Gasteiger partial charge in [0.25, 0.3) is 0 Å². The smallest absolute Gasteiger partial charge is 0.314 e. The molecule has 3 nitrogen and oxygen atoms in total. The molecule has 0 unspecified atom stereocenters. The number of benzene rings is 2. The van der Waals surface area contributed by atoms with Crippen LogP contribution in [-0.2, 0) is 20.7 Å². The van der Waals surface area contributed by atoms with Crippen molar-refractivity contribution in [1.82, 2.24) is 0 Å². The molecule has 0 radical (unpaired) electrons. The van der Waals surface area contributed by atoms with Gasteiger partial charge in [0.1, 0.15) is 18.1 Å². The Hall–Kier alpha value is -2.20. The number of carbonyl (C=O) groups excluding carboxylic acids is 1. The molecule has 0 saturated heterocycles. The van der Waals surface area contributed by atoms with Crippen LogP contribution >= 0.6 is 11.8 Å². The summed E-state index contributed by atoms with van der Waals surface area (Å²) in [6, 6.07) is 13.6. The van der Waals surface area contributed by atoms with Gasteiger partial charge in [-0.1, -0.05) is 65.0 Å². The quantitative estimate of drug-likeness (QED) is 0.356. The minimum atomic E-state index is -0.213. The highest BCUT2D eigenvalue weighted by Gasteiger charge is 2.31. The maximum atomic E-state index is 11.3. The normalized spacial score (nSPS) is 14.3. The van der Waals surface area contributed by atoms with E-state index in [1.54, 1.807) is 6.08 Å². The number of ether oxygens (including phenoxy) is 2. The molecule has 1 aliphatic rings. The van der Waals surface area contributed by atoms with Crippen LogP contribution in [0.3, 0.4) is 0 Å². The number of rotatable bonds is 9. The van der Waals surface area contributed by atoms with Crippen molar-refractivity contribution in [1.29, 1.82) is 0 Å². The summed E-state index contributed by atoms with van der Waals surface area (Å²) >= 11 is 1.99. The molecule has 0 spiro atoms. The molecular formula is C29H38O3S. The molecular weight excluding hydrogens is 428 g/mol. The molecule has 0 aliphatic carbocycles. The fourth-order valence-electron chi connectivity index (χ4n) is 4.46. The maximum absolute atomic E-state index is 11.3. The van der Waals surface area contributed by atoms with Crippen molar-refractivity contribution in [2.45, 2.75) is 83.6 Å². The molecule has 0 N–H and O–H groups in total. The molecule has 1 aliphatic heterocycles. The summed E-state index contributed by atoms with van der Waals surface area (Å²) in [4.78, 5) is 11.3. The minimum Gasteiger partial charge on any atom is -0.485 e. The average molecular weight is 467 g/mol. The monoisotopic (exact) mass is 466 g/mol. The van der Waals surface area contributed by atoms with E-state index >= 15 is 0 Å². The van der Waals surface area contributed by atoms with Crippen LogP contribution < -0.4 is 4.74 Å². The van der Waals surface area contributed by atoms with E-state index in [4.69, 9.17) is 9.47 Å². The lowest BCUT2D eigenvalue weighted by molar-refractivity contribution is -0.136. The molecule has 0 fully saturated rings. The van der Waals surface area contributed by atoms with Crippen LogP contribution in [0, 0.1) is 13.8 Å². The summed E-state index contributed by atoms with van der Waals surface area (Å²) in [5.41, 5.74) is 6.55. The summed E-state index contributed by atoms with van der Waals surface area (Å²) in [6.45, 7) is 16.0. The highest BCUT2D eigenvalue weighted by Crippen LogP contribution is 2.41. The lowest BCUT2D eigenvalue weighted by Crippen LogP contribution is -2.26. The first kappa shape index (κ1) is 25.4. The number of hydrogen-bond acceptors (Lipinski definition) is 4. The molecule has 3 rings (SSSR count). The van der Waals surface area contributed by atoms with Crippen LogP contribution in [0.5, 0.6) is 5.75 Å². The van der Waals surface area contributed by atoms with Gasteiger partial charge in [0, 0.05) is 15.9 Å². The van der Waals surface area contributed by atoms with Gasteiger partial charge in [0.05, 0.1) is 6.42 Å². The zero-order valence-corrected chi connectivity index (χ0v) is 22.0. The van der Waals surface area contributed by atoms with E-state index in [1.165, 1.54) is 22.3 Å². The fourth-order valence-corrected chi connectivity index (χ4v) is 5.37. The van der Waals surface area contributed by atoms with Crippen LogP contribution in [0.4, 0.5) is 0 Å². The lowest BCUT2D eigenvalue weighted by atomic mass is 9.70. The molecule has 0 aromatic heterocycles. The summed E-state index contributed by atoms with van der Waals surface area (Å²) in [5.74, 6) is 2.25. The summed E-state index contributed by atoms with van der Waals surface area (Å²) in [7, 11) is 0. The van der Waals surface area contributed by atoms with E-state index in [2.05, 4.69) is 84.9 Å². The molecule has 33 heavy (non-hydrogen) atoms. The van der Waals surface area contributed by atoms with E-state index in [9.17, 15) is 4.79 Å². The van der Waals surface area contributed by atoms with Gasteiger partial charge < -0.3 is 9.47 Å². The Morgan fingerprint density at radius 1 is 0.970 bits per heavy atom. The minimum absolute atomic E-state index is 0.0345. The van der Waals surface area contributed by atoms with Crippen molar-refractivity contribution >= 4 is 17.7 Å². The van der Waals surface area contributed by atoms with Gasteiger partial charge >= 0.3 is 5.97 Å². The second-order valence-corrected chi connectivity index (χ2v) is 11.8. The summed E-state index contributed by atoms with van der Waals surface area (Å²) in [5, 5.41) is 0. The zero-order valence-electron chi connectivity index (χ0n) is 21.2. The van der Waals surface area contributed by atoms with Crippen molar-refractivity contribution < 1.29 is 14.3 Å². The Bertz CT molecular complexity index is 1030.